The topological polar surface area (TPSA) is 84.9 Å². The van der Waals surface area contributed by atoms with Gasteiger partial charge in [0.25, 0.3) is 0 Å². The van der Waals surface area contributed by atoms with Gasteiger partial charge in [-0.1, -0.05) is 20.3 Å². The Bertz CT molecular complexity index is 872. The Hall–Kier alpha value is -0.750. The van der Waals surface area contributed by atoms with Crippen molar-refractivity contribution < 1.29 is 23.2 Å². The van der Waals surface area contributed by atoms with Crippen LogP contribution in [0, 0.1) is 35.0 Å². The van der Waals surface area contributed by atoms with Crippen LogP contribution in [0.3, 0.4) is 0 Å². The minimum Gasteiger partial charge on any atom is -0.309 e. The molecule has 0 aromatic carbocycles. The van der Waals surface area contributed by atoms with E-state index < -0.39 is 7.60 Å². The van der Waals surface area contributed by atoms with Crippen LogP contribution < -0.4 is 5.43 Å². The summed E-state index contributed by atoms with van der Waals surface area (Å²) in [5.41, 5.74) is 3.61. The lowest BCUT2D eigenvalue weighted by molar-refractivity contribution is -0.150. The minimum atomic E-state index is -2.99. The molecule has 1 N–H and O–H groups in total. The zero-order chi connectivity index (χ0) is 26.8. The number of amides is 1. The zero-order valence-corrected chi connectivity index (χ0v) is 24.8. The number of hydrazine groups is 1. The van der Waals surface area contributed by atoms with E-state index in [0.29, 0.717) is 60.7 Å². The lowest BCUT2D eigenvalue weighted by atomic mass is 9.44. The fraction of sp³-hybridized carbons (Fsp3) is 0.931. The van der Waals surface area contributed by atoms with Crippen LogP contribution in [0.4, 0.5) is 0 Å². The molecule has 4 fully saturated rings. The van der Waals surface area contributed by atoms with E-state index in [1.807, 2.05) is 13.8 Å². The lowest BCUT2D eigenvalue weighted by Crippen LogP contribution is -2.61. The highest BCUT2D eigenvalue weighted by atomic mass is 31.2. The molecule has 0 spiro atoms. The molecule has 4 rings (SSSR count). The predicted molar refractivity (Wildman–Crippen MR) is 146 cm³/mol. The summed E-state index contributed by atoms with van der Waals surface area (Å²) < 4.78 is 23.3. The summed E-state index contributed by atoms with van der Waals surface area (Å²) in [6, 6.07) is 0. The van der Waals surface area contributed by atoms with Crippen LogP contribution in [0.25, 0.3) is 0 Å². The Kier molecular flexibility index (Phi) is 9.31. The van der Waals surface area contributed by atoms with Crippen molar-refractivity contribution in [2.75, 3.05) is 25.9 Å². The van der Waals surface area contributed by atoms with Gasteiger partial charge in [0.2, 0.25) is 5.91 Å². The second kappa shape index (κ2) is 11.8. The Morgan fingerprint density at radius 1 is 1.00 bits per heavy atom. The maximum atomic E-state index is 12.9. The van der Waals surface area contributed by atoms with Gasteiger partial charge in [-0.3, -0.25) is 19.6 Å². The van der Waals surface area contributed by atoms with Gasteiger partial charge >= 0.3 is 7.60 Å². The SMILES string of the molecule is CCOP(=O)(CCCCCC(=O)NN1CC[C@H]2[C@@H]3CCC4C(C)C(=O)CC[C@]4(C)[C@@H]3CC[C@@]21C)OCC. The number of nitrogens with zero attached hydrogens (tertiary/aromatic N) is 1. The zero-order valence-electron chi connectivity index (χ0n) is 23.9. The number of carbonyl (C=O) groups excluding carboxylic acids is 2. The summed E-state index contributed by atoms with van der Waals surface area (Å²) in [5, 5.41) is 2.27. The minimum absolute atomic E-state index is 0.0255. The van der Waals surface area contributed by atoms with Crippen molar-refractivity contribution in [1.82, 2.24) is 10.4 Å². The second-order valence-electron chi connectivity index (χ2n) is 12.7. The average molecular weight is 539 g/mol. The van der Waals surface area contributed by atoms with Gasteiger partial charge in [-0.15, -0.1) is 0 Å². The quantitative estimate of drug-likeness (QED) is 0.243. The number of nitrogens with one attached hydrogen (secondary N) is 1. The molecule has 2 unspecified atom stereocenters. The number of rotatable bonds is 11. The summed E-state index contributed by atoms with van der Waals surface area (Å²) >= 11 is 0. The highest BCUT2D eigenvalue weighted by molar-refractivity contribution is 7.53. The number of ketones is 1. The molecular formula is C29H51N2O5P. The highest BCUT2D eigenvalue weighted by Gasteiger charge is 2.61. The molecule has 7 atom stereocenters. The van der Waals surface area contributed by atoms with Crippen LogP contribution in [0.15, 0.2) is 0 Å². The van der Waals surface area contributed by atoms with Crippen molar-refractivity contribution in [3.63, 3.8) is 0 Å². The van der Waals surface area contributed by atoms with E-state index in [2.05, 4.69) is 31.2 Å². The van der Waals surface area contributed by atoms with Crippen molar-refractivity contribution in [2.24, 2.45) is 35.0 Å². The number of fused-ring (bicyclic) bond motifs is 5. The van der Waals surface area contributed by atoms with Crippen molar-refractivity contribution in [2.45, 2.75) is 111 Å². The van der Waals surface area contributed by atoms with Gasteiger partial charge in [0.15, 0.2) is 0 Å². The first-order valence-corrected chi connectivity index (χ1v) is 16.8. The van der Waals surface area contributed by atoms with Crippen LogP contribution in [-0.2, 0) is 23.2 Å². The third kappa shape index (κ3) is 5.76. The van der Waals surface area contributed by atoms with Crippen LogP contribution in [0.2, 0.25) is 0 Å². The number of Topliss-reactive ketones (excluding diaryl/α,β-unsaturated/α-hetero) is 1. The van der Waals surface area contributed by atoms with E-state index in [1.165, 1.54) is 19.3 Å². The molecule has 0 bridgehead atoms. The van der Waals surface area contributed by atoms with E-state index in [4.69, 9.17) is 9.05 Å². The second-order valence-corrected chi connectivity index (χ2v) is 14.9. The number of hydrogen-bond acceptors (Lipinski definition) is 6. The summed E-state index contributed by atoms with van der Waals surface area (Å²) in [6.45, 7) is 12.4. The van der Waals surface area contributed by atoms with Crippen LogP contribution >= 0.6 is 7.60 Å². The van der Waals surface area contributed by atoms with E-state index in [9.17, 15) is 14.2 Å². The molecule has 0 aromatic heterocycles. The molecular weight excluding hydrogens is 487 g/mol. The van der Waals surface area contributed by atoms with E-state index >= 15 is 0 Å². The molecule has 212 valence electrons. The highest BCUT2D eigenvalue weighted by Crippen LogP contribution is 2.64. The third-order valence-corrected chi connectivity index (χ3v) is 13.0. The maximum Gasteiger partial charge on any atom is 0.330 e. The molecule has 3 saturated carbocycles. The number of hydrogen-bond donors (Lipinski definition) is 1. The van der Waals surface area contributed by atoms with E-state index in [1.54, 1.807) is 0 Å². The molecule has 3 aliphatic carbocycles. The summed E-state index contributed by atoms with van der Waals surface area (Å²) in [4.78, 5) is 25.3. The Morgan fingerprint density at radius 2 is 1.73 bits per heavy atom. The molecule has 1 heterocycles. The van der Waals surface area contributed by atoms with Crippen LogP contribution in [0.5, 0.6) is 0 Å². The van der Waals surface area contributed by atoms with Gasteiger partial charge in [-0.2, -0.15) is 0 Å². The van der Waals surface area contributed by atoms with Crippen molar-refractivity contribution in [1.29, 1.82) is 0 Å². The maximum absolute atomic E-state index is 12.9. The molecule has 1 amide bonds. The summed E-state index contributed by atoms with van der Waals surface area (Å²) in [7, 11) is -2.99. The van der Waals surface area contributed by atoms with Crippen LogP contribution in [-0.4, -0.2) is 48.2 Å². The average Bonchev–Trinajstić information content (AvgIpc) is 3.18. The molecule has 0 radical (unpaired) electrons. The summed E-state index contributed by atoms with van der Waals surface area (Å²) in [6.07, 6.45) is 11.0. The lowest BCUT2D eigenvalue weighted by Gasteiger charge is -2.61. The monoisotopic (exact) mass is 538 g/mol. The molecule has 37 heavy (non-hydrogen) atoms. The Balaban J connectivity index is 1.28. The first-order valence-electron chi connectivity index (χ1n) is 15.1. The third-order valence-electron chi connectivity index (χ3n) is 10.8. The van der Waals surface area contributed by atoms with Crippen molar-refractivity contribution in [3.05, 3.63) is 0 Å². The van der Waals surface area contributed by atoms with Gasteiger partial charge < -0.3 is 9.05 Å². The summed E-state index contributed by atoms with van der Waals surface area (Å²) in [5.74, 6) is 3.37. The molecule has 7 nitrogen and oxygen atoms in total. The molecule has 1 saturated heterocycles. The fourth-order valence-electron chi connectivity index (χ4n) is 8.92. The van der Waals surface area contributed by atoms with Gasteiger partial charge in [-0.25, -0.2) is 5.01 Å². The van der Waals surface area contributed by atoms with Gasteiger partial charge in [0.1, 0.15) is 5.78 Å². The molecule has 0 aromatic rings. The van der Waals surface area contributed by atoms with Crippen LogP contribution in [0.1, 0.15) is 105 Å². The molecule has 1 aliphatic heterocycles. The first-order chi connectivity index (χ1) is 17.6. The largest absolute Gasteiger partial charge is 0.330 e. The first kappa shape index (κ1) is 29.2. The Morgan fingerprint density at radius 3 is 2.43 bits per heavy atom. The van der Waals surface area contributed by atoms with Gasteiger partial charge in [0.05, 0.1) is 19.4 Å². The van der Waals surface area contributed by atoms with E-state index in [0.717, 1.165) is 51.5 Å². The molecule has 4 aliphatic rings. The fourth-order valence-corrected chi connectivity index (χ4v) is 10.7. The molecule has 8 heteroatoms. The van der Waals surface area contributed by atoms with Gasteiger partial charge in [0, 0.05) is 30.8 Å². The normalized spacial score (nSPS) is 38.1. The van der Waals surface area contributed by atoms with Crippen molar-refractivity contribution >= 4 is 19.3 Å². The number of carbonyl (C=O) groups is 2. The standard InChI is InChI=1S/C29H51N2O5P/c1-6-35-37(34,36-7-2)20-10-8-9-11-27(33)30-31-19-16-25-22-12-13-23-21(3)26(32)15-17-28(23,4)24(22)14-18-29(25,31)5/h21-25H,6-20H2,1-5H3,(H,30,33)/t21?,22-,23?,24-,25+,28+,29+/m1/s1. The van der Waals surface area contributed by atoms with E-state index in [-0.39, 0.29) is 17.4 Å². The Labute approximate surface area is 224 Å². The smallest absolute Gasteiger partial charge is 0.309 e. The van der Waals surface area contributed by atoms with Crippen molar-refractivity contribution in [3.8, 4) is 0 Å². The number of unbranched alkanes of at least 4 members (excludes halogenated alkanes) is 2. The predicted octanol–water partition coefficient (Wildman–Crippen LogP) is 6.37. The van der Waals surface area contributed by atoms with Gasteiger partial charge in [-0.05, 0) is 101 Å².